The molecule has 3 aromatic carbocycles. The third-order valence-electron chi connectivity index (χ3n) is 5.67. The van der Waals surface area contributed by atoms with Crippen LogP contribution < -0.4 is 9.47 Å². The van der Waals surface area contributed by atoms with Gasteiger partial charge in [-0.3, -0.25) is 0 Å². The molecule has 0 unspecified atom stereocenters. The van der Waals surface area contributed by atoms with E-state index in [1.54, 1.807) is 50.2 Å². The van der Waals surface area contributed by atoms with Gasteiger partial charge in [0.1, 0.15) is 18.1 Å². The van der Waals surface area contributed by atoms with Gasteiger partial charge in [-0.25, -0.2) is 9.59 Å². The summed E-state index contributed by atoms with van der Waals surface area (Å²) >= 11 is 0. The van der Waals surface area contributed by atoms with Crippen LogP contribution in [0.1, 0.15) is 50.3 Å². The molecule has 3 rings (SSSR count). The van der Waals surface area contributed by atoms with Gasteiger partial charge in [-0.1, -0.05) is 68.4 Å². The standard InChI is InChI=1S/C30H34O6/c1-5-33-28(31)30(29(32)34-6-2,36-27-18-14-25(15-19-27)22(3)4)20-23-12-16-26(17-13-23)35-21-24-10-8-7-9-11-24/h7-19,22H,5-6,20-21H2,1-4H3. The number of hydrogen-bond donors (Lipinski definition) is 0. The molecule has 0 saturated carbocycles. The van der Waals surface area contributed by atoms with Gasteiger partial charge >= 0.3 is 17.5 Å². The molecule has 0 N–H and O–H groups in total. The Hall–Kier alpha value is -3.80. The van der Waals surface area contributed by atoms with Crippen LogP contribution in [0.4, 0.5) is 0 Å². The molecule has 0 heterocycles. The van der Waals surface area contributed by atoms with Crippen molar-refractivity contribution in [3.8, 4) is 11.5 Å². The maximum absolute atomic E-state index is 13.2. The lowest BCUT2D eigenvalue weighted by Gasteiger charge is -2.30. The van der Waals surface area contributed by atoms with Crippen molar-refractivity contribution in [2.24, 2.45) is 0 Å². The van der Waals surface area contributed by atoms with Crippen molar-refractivity contribution in [2.75, 3.05) is 13.2 Å². The van der Waals surface area contributed by atoms with E-state index in [9.17, 15) is 9.59 Å². The fourth-order valence-electron chi connectivity index (χ4n) is 3.70. The lowest BCUT2D eigenvalue weighted by atomic mass is 9.93. The summed E-state index contributed by atoms with van der Waals surface area (Å²) in [5, 5.41) is 0. The molecular weight excluding hydrogens is 456 g/mol. The van der Waals surface area contributed by atoms with Gasteiger partial charge in [0.05, 0.1) is 13.2 Å². The van der Waals surface area contributed by atoms with Crippen molar-refractivity contribution >= 4 is 11.9 Å². The Balaban J connectivity index is 1.87. The number of benzene rings is 3. The van der Waals surface area contributed by atoms with E-state index in [4.69, 9.17) is 18.9 Å². The lowest BCUT2D eigenvalue weighted by molar-refractivity contribution is -0.179. The topological polar surface area (TPSA) is 71.1 Å². The molecule has 0 saturated heterocycles. The number of carbonyl (C=O) groups is 2. The Morgan fingerprint density at radius 1 is 0.722 bits per heavy atom. The van der Waals surface area contributed by atoms with E-state index >= 15 is 0 Å². The highest BCUT2D eigenvalue weighted by Crippen LogP contribution is 2.28. The number of rotatable bonds is 12. The smallest absolute Gasteiger partial charge is 0.362 e. The highest BCUT2D eigenvalue weighted by molar-refractivity contribution is 6.04. The van der Waals surface area contributed by atoms with Crippen molar-refractivity contribution in [2.45, 2.75) is 52.2 Å². The average molecular weight is 491 g/mol. The number of esters is 2. The summed E-state index contributed by atoms with van der Waals surface area (Å²) in [5.41, 5.74) is 0.882. The third kappa shape index (κ3) is 6.87. The van der Waals surface area contributed by atoms with Crippen LogP contribution in [0.25, 0.3) is 0 Å². The van der Waals surface area contributed by atoms with Crippen LogP contribution in [-0.2, 0) is 32.1 Å². The molecule has 0 fully saturated rings. The second kappa shape index (κ2) is 12.8. The summed E-state index contributed by atoms with van der Waals surface area (Å²) in [6.45, 7) is 8.18. The quantitative estimate of drug-likeness (QED) is 0.233. The van der Waals surface area contributed by atoms with Gasteiger partial charge < -0.3 is 18.9 Å². The lowest BCUT2D eigenvalue weighted by Crippen LogP contribution is -2.55. The van der Waals surface area contributed by atoms with Crippen LogP contribution in [0, 0.1) is 0 Å². The van der Waals surface area contributed by atoms with E-state index in [2.05, 4.69) is 13.8 Å². The zero-order valence-electron chi connectivity index (χ0n) is 21.4. The summed E-state index contributed by atoms with van der Waals surface area (Å²) < 4.78 is 22.6. The zero-order valence-corrected chi connectivity index (χ0v) is 21.4. The molecule has 0 aliphatic heterocycles. The summed E-state index contributed by atoms with van der Waals surface area (Å²) in [4.78, 5) is 26.4. The number of ether oxygens (including phenoxy) is 4. The first-order valence-electron chi connectivity index (χ1n) is 12.3. The fourth-order valence-corrected chi connectivity index (χ4v) is 3.70. The first-order valence-corrected chi connectivity index (χ1v) is 12.3. The molecule has 0 bridgehead atoms. The van der Waals surface area contributed by atoms with Crippen molar-refractivity contribution in [1.82, 2.24) is 0 Å². The summed E-state index contributed by atoms with van der Waals surface area (Å²) in [6.07, 6.45) is -0.0600. The van der Waals surface area contributed by atoms with Crippen molar-refractivity contribution in [3.63, 3.8) is 0 Å². The summed E-state index contributed by atoms with van der Waals surface area (Å²) in [7, 11) is 0. The Morgan fingerprint density at radius 2 is 1.28 bits per heavy atom. The third-order valence-corrected chi connectivity index (χ3v) is 5.67. The second-order valence-electron chi connectivity index (χ2n) is 8.69. The van der Waals surface area contributed by atoms with E-state index in [0.717, 1.165) is 11.1 Å². The second-order valence-corrected chi connectivity index (χ2v) is 8.69. The molecule has 0 aromatic heterocycles. The van der Waals surface area contributed by atoms with Crippen LogP contribution in [0.2, 0.25) is 0 Å². The minimum Gasteiger partial charge on any atom is -0.489 e. The molecular formula is C30H34O6. The Morgan fingerprint density at radius 3 is 1.81 bits per heavy atom. The maximum atomic E-state index is 13.2. The van der Waals surface area contributed by atoms with E-state index in [-0.39, 0.29) is 19.6 Å². The Labute approximate surface area is 213 Å². The van der Waals surface area contributed by atoms with Crippen molar-refractivity contribution in [1.29, 1.82) is 0 Å². The molecule has 6 nitrogen and oxygen atoms in total. The molecule has 3 aromatic rings. The first kappa shape index (κ1) is 26.8. The van der Waals surface area contributed by atoms with Gasteiger partial charge in [-0.15, -0.1) is 0 Å². The van der Waals surface area contributed by atoms with Gasteiger partial charge in [-0.2, -0.15) is 0 Å². The van der Waals surface area contributed by atoms with Gasteiger partial charge in [-0.05, 0) is 60.7 Å². The van der Waals surface area contributed by atoms with Crippen LogP contribution in [0.5, 0.6) is 11.5 Å². The largest absolute Gasteiger partial charge is 0.489 e. The predicted octanol–water partition coefficient (Wildman–Crippen LogP) is 5.88. The van der Waals surface area contributed by atoms with Crippen LogP contribution in [-0.4, -0.2) is 30.8 Å². The van der Waals surface area contributed by atoms with Crippen LogP contribution in [0.15, 0.2) is 78.9 Å². The molecule has 0 amide bonds. The van der Waals surface area contributed by atoms with Crippen LogP contribution in [0.3, 0.4) is 0 Å². The molecule has 0 atom stereocenters. The fraction of sp³-hybridized carbons (Fsp3) is 0.333. The first-order chi connectivity index (χ1) is 17.4. The predicted molar refractivity (Wildman–Crippen MR) is 138 cm³/mol. The van der Waals surface area contributed by atoms with E-state index < -0.39 is 17.5 Å². The minimum atomic E-state index is -1.99. The molecule has 0 radical (unpaired) electrons. The molecule has 6 heteroatoms. The minimum absolute atomic E-state index is 0.0600. The number of hydrogen-bond acceptors (Lipinski definition) is 6. The van der Waals surface area contributed by atoms with Gasteiger partial charge in [0.25, 0.3) is 0 Å². The highest BCUT2D eigenvalue weighted by atomic mass is 16.6. The Bertz CT molecular complexity index is 1090. The molecule has 36 heavy (non-hydrogen) atoms. The average Bonchev–Trinajstić information content (AvgIpc) is 2.89. The Kier molecular flexibility index (Phi) is 9.51. The van der Waals surface area contributed by atoms with Gasteiger partial charge in [0, 0.05) is 6.42 Å². The van der Waals surface area contributed by atoms with Crippen molar-refractivity contribution in [3.05, 3.63) is 95.6 Å². The van der Waals surface area contributed by atoms with E-state index in [1.165, 1.54) is 0 Å². The highest BCUT2D eigenvalue weighted by Gasteiger charge is 2.52. The van der Waals surface area contributed by atoms with E-state index in [1.807, 2.05) is 42.5 Å². The SMILES string of the molecule is CCOC(=O)C(Cc1ccc(OCc2ccccc2)cc1)(Oc1ccc(C(C)C)cc1)C(=O)OCC. The van der Waals surface area contributed by atoms with Crippen molar-refractivity contribution < 1.29 is 28.5 Å². The van der Waals surface area contributed by atoms with Crippen LogP contribution >= 0.6 is 0 Å². The normalized spacial score (nSPS) is 11.1. The summed E-state index contributed by atoms with van der Waals surface area (Å²) in [6, 6.07) is 24.4. The molecule has 0 aliphatic carbocycles. The summed E-state index contributed by atoms with van der Waals surface area (Å²) in [5.74, 6) is -0.197. The molecule has 0 aliphatic rings. The molecule has 0 spiro atoms. The van der Waals surface area contributed by atoms with E-state index in [0.29, 0.717) is 29.6 Å². The zero-order chi connectivity index (χ0) is 26.0. The van der Waals surface area contributed by atoms with Gasteiger partial charge in [0.15, 0.2) is 0 Å². The van der Waals surface area contributed by atoms with Gasteiger partial charge in [0.2, 0.25) is 0 Å². The molecule has 190 valence electrons. The monoisotopic (exact) mass is 490 g/mol. The number of carbonyl (C=O) groups excluding carboxylic acids is 2. The maximum Gasteiger partial charge on any atom is 0.362 e.